The van der Waals surface area contributed by atoms with Crippen molar-refractivity contribution < 1.29 is 14.7 Å². The van der Waals surface area contributed by atoms with Gasteiger partial charge in [-0.25, -0.2) is 4.79 Å². The second kappa shape index (κ2) is 4.51. The van der Waals surface area contributed by atoms with Crippen LogP contribution in [0.5, 0.6) is 0 Å². The number of oxime groups is 1. The van der Waals surface area contributed by atoms with Crippen molar-refractivity contribution in [2.45, 2.75) is 6.92 Å². The molecule has 0 aromatic carbocycles. The van der Waals surface area contributed by atoms with Crippen LogP contribution in [-0.4, -0.2) is 33.6 Å². The van der Waals surface area contributed by atoms with Crippen molar-refractivity contribution in [2.24, 2.45) is 5.16 Å². The fourth-order valence-corrected chi connectivity index (χ4v) is 1.19. The molecule has 1 heterocycles. The third-order valence-electron chi connectivity index (χ3n) is 1.16. The Morgan fingerprint density at radius 3 is 3.23 bits per heavy atom. The normalized spacial score (nSPS) is 10.5. The molecule has 0 aliphatic carbocycles. The molecule has 0 saturated heterocycles. The second-order valence-corrected chi connectivity index (χ2v) is 2.74. The first-order valence-corrected chi connectivity index (χ1v) is 4.23. The topological polar surface area (TPSA) is 84.7 Å². The minimum absolute atomic E-state index is 0.0738. The molecule has 1 N–H and O–H groups in total. The van der Waals surface area contributed by atoms with E-state index in [4.69, 9.17) is 9.94 Å². The highest BCUT2D eigenvalue weighted by atomic mass is 32.1. The Balaban J connectivity index is 2.87. The average molecular weight is 201 g/mol. The van der Waals surface area contributed by atoms with Gasteiger partial charge in [0.25, 0.3) is 0 Å². The summed E-state index contributed by atoms with van der Waals surface area (Å²) in [7, 11) is 0. The Labute approximate surface area is 78.0 Å². The zero-order valence-electron chi connectivity index (χ0n) is 6.80. The summed E-state index contributed by atoms with van der Waals surface area (Å²) in [6.07, 6.45) is 1.09. The van der Waals surface area contributed by atoms with Crippen molar-refractivity contribution >= 4 is 23.7 Å². The summed E-state index contributed by atoms with van der Waals surface area (Å²) in [6, 6.07) is 0. The Kier molecular flexibility index (Phi) is 3.32. The molecule has 6 nitrogen and oxygen atoms in total. The van der Waals surface area contributed by atoms with Crippen molar-refractivity contribution in [1.29, 1.82) is 0 Å². The van der Waals surface area contributed by atoms with Gasteiger partial charge in [-0.15, -0.1) is 5.10 Å². The highest BCUT2D eigenvalue weighted by Gasteiger charge is 2.15. The van der Waals surface area contributed by atoms with Gasteiger partial charge in [0.2, 0.25) is 0 Å². The molecule has 0 saturated carbocycles. The summed E-state index contributed by atoms with van der Waals surface area (Å²) in [5.41, 5.74) is 0.0738. The summed E-state index contributed by atoms with van der Waals surface area (Å²) >= 11 is 0.957. The van der Waals surface area contributed by atoms with Crippen LogP contribution in [0.4, 0.5) is 0 Å². The minimum Gasteiger partial charge on any atom is -0.461 e. The maximum atomic E-state index is 11.1. The number of rotatable bonds is 3. The average Bonchev–Trinajstić information content (AvgIpc) is 2.54. The molecule has 1 aromatic rings. The largest absolute Gasteiger partial charge is 0.461 e. The molecule has 0 amide bonds. The Hall–Kier alpha value is -1.50. The number of nitrogens with zero attached hydrogens (tertiary/aromatic N) is 3. The monoisotopic (exact) mass is 201 g/mol. The van der Waals surface area contributed by atoms with E-state index in [0.29, 0.717) is 4.88 Å². The Morgan fingerprint density at radius 1 is 1.85 bits per heavy atom. The van der Waals surface area contributed by atoms with E-state index in [1.54, 1.807) is 6.92 Å². The van der Waals surface area contributed by atoms with Crippen molar-refractivity contribution in [1.82, 2.24) is 9.59 Å². The van der Waals surface area contributed by atoms with Gasteiger partial charge in [0.05, 0.1) is 12.8 Å². The van der Waals surface area contributed by atoms with Gasteiger partial charge in [-0.2, -0.15) is 0 Å². The predicted molar refractivity (Wildman–Crippen MR) is 45.2 cm³/mol. The van der Waals surface area contributed by atoms with Gasteiger partial charge in [0.15, 0.2) is 5.69 Å². The molecule has 0 atom stereocenters. The van der Waals surface area contributed by atoms with Crippen LogP contribution in [0, 0.1) is 0 Å². The zero-order chi connectivity index (χ0) is 9.68. The van der Waals surface area contributed by atoms with E-state index in [0.717, 1.165) is 17.7 Å². The van der Waals surface area contributed by atoms with Crippen molar-refractivity contribution in [3.8, 4) is 0 Å². The van der Waals surface area contributed by atoms with Crippen LogP contribution in [0.25, 0.3) is 0 Å². The van der Waals surface area contributed by atoms with E-state index < -0.39 is 5.97 Å². The Morgan fingerprint density at radius 2 is 2.62 bits per heavy atom. The van der Waals surface area contributed by atoms with Crippen molar-refractivity contribution in [3.63, 3.8) is 0 Å². The van der Waals surface area contributed by atoms with Gasteiger partial charge >= 0.3 is 5.97 Å². The van der Waals surface area contributed by atoms with Gasteiger partial charge < -0.3 is 9.94 Å². The number of esters is 1. The standard InChI is InChI=1S/C6H7N3O3S/c1-2-12-6(10)5-4(3-7-11)13-9-8-5/h3,11H,2H2,1H3/b7-3-. The van der Waals surface area contributed by atoms with Gasteiger partial charge in [-0.1, -0.05) is 9.64 Å². The van der Waals surface area contributed by atoms with Crippen LogP contribution in [0.15, 0.2) is 5.16 Å². The summed E-state index contributed by atoms with van der Waals surface area (Å²) in [5.74, 6) is -0.564. The molecule has 0 spiro atoms. The minimum atomic E-state index is -0.564. The number of aromatic nitrogens is 2. The molecule has 0 fully saturated rings. The maximum absolute atomic E-state index is 11.1. The first-order chi connectivity index (χ1) is 6.29. The van der Waals surface area contributed by atoms with E-state index in [9.17, 15) is 4.79 Å². The maximum Gasteiger partial charge on any atom is 0.360 e. The Bertz CT molecular complexity index is 323. The molecule has 0 aliphatic rings. The highest BCUT2D eigenvalue weighted by molar-refractivity contribution is 7.07. The summed E-state index contributed by atoms with van der Waals surface area (Å²) in [6.45, 7) is 1.96. The van der Waals surface area contributed by atoms with E-state index in [2.05, 4.69) is 14.7 Å². The third kappa shape index (κ3) is 2.22. The predicted octanol–water partition coefficient (Wildman–Crippen LogP) is 0.523. The molecular formula is C6H7N3O3S. The van der Waals surface area contributed by atoms with Crippen LogP contribution >= 0.6 is 11.5 Å². The van der Waals surface area contributed by atoms with E-state index in [1.165, 1.54) is 0 Å². The van der Waals surface area contributed by atoms with Crippen LogP contribution in [-0.2, 0) is 4.74 Å². The molecule has 7 heteroatoms. The first-order valence-electron chi connectivity index (χ1n) is 3.46. The quantitative estimate of drug-likeness (QED) is 0.333. The third-order valence-corrected chi connectivity index (χ3v) is 1.82. The smallest absolute Gasteiger partial charge is 0.360 e. The number of hydrogen-bond acceptors (Lipinski definition) is 7. The van der Waals surface area contributed by atoms with Crippen LogP contribution in [0.1, 0.15) is 22.3 Å². The molecule has 0 unspecified atom stereocenters. The fraction of sp³-hybridized carbons (Fsp3) is 0.333. The van der Waals surface area contributed by atoms with Crippen molar-refractivity contribution in [2.75, 3.05) is 6.61 Å². The highest BCUT2D eigenvalue weighted by Crippen LogP contribution is 2.08. The zero-order valence-corrected chi connectivity index (χ0v) is 7.61. The molecule has 0 aliphatic heterocycles. The number of hydrogen-bond donors (Lipinski definition) is 1. The first kappa shape index (κ1) is 9.59. The van der Waals surface area contributed by atoms with Gasteiger partial charge in [0, 0.05) is 0 Å². The molecule has 0 bridgehead atoms. The lowest BCUT2D eigenvalue weighted by Gasteiger charge is -1.96. The van der Waals surface area contributed by atoms with E-state index in [-0.39, 0.29) is 12.3 Å². The molecule has 1 rings (SSSR count). The molecule has 70 valence electrons. The van der Waals surface area contributed by atoms with E-state index >= 15 is 0 Å². The summed E-state index contributed by atoms with van der Waals surface area (Å²) in [5, 5.41) is 14.6. The summed E-state index contributed by atoms with van der Waals surface area (Å²) < 4.78 is 8.23. The fourth-order valence-electron chi connectivity index (χ4n) is 0.676. The van der Waals surface area contributed by atoms with Gasteiger partial charge in [0.1, 0.15) is 4.88 Å². The number of carbonyl (C=O) groups is 1. The number of ether oxygens (including phenoxy) is 1. The van der Waals surface area contributed by atoms with Gasteiger partial charge in [-0.05, 0) is 18.5 Å². The lowest BCUT2D eigenvalue weighted by atomic mass is 10.4. The molecule has 13 heavy (non-hydrogen) atoms. The molecule has 0 radical (unpaired) electrons. The number of carbonyl (C=O) groups excluding carboxylic acids is 1. The van der Waals surface area contributed by atoms with Crippen molar-refractivity contribution in [3.05, 3.63) is 10.6 Å². The van der Waals surface area contributed by atoms with Crippen LogP contribution in [0.2, 0.25) is 0 Å². The lowest BCUT2D eigenvalue weighted by molar-refractivity contribution is 0.0519. The van der Waals surface area contributed by atoms with Gasteiger partial charge in [-0.3, -0.25) is 0 Å². The molecular weight excluding hydrogens is 194 g/mol. The van der Waals surface area contributed by atoms with E-state index in [1.807, 2.05) is 0 Å². The SMILES string of the molecule is CCOC(=O)c1nnsc1/C=N\O. The summed E-state index contributed by atoms with van der Waals surface area (Å²) in [4.78, 5) is 11.5. The lowest BCUT2D eigenvalue weighted by Crippen LogP contribution is -2.07. The molecule has 1 aromatic heterocycles. The van der Waals surface area contributed by atoms with Crippen LogP contribution in [0.3, 0.4) is 0 Å². The van der Waals surface area contributed by atoms with Crippen LogP contribution < -0.4 is 0 Å². The second-order valence-electron chi connectivity index (χ2n) is 1.95.